The predicted octanol–water partition coefficient (Wildman–Crippen LogP) is 18.1. The summed E-state index contributed by atoms with van der Waals surface area (Å²) in [6.45, 7) is 8.38. The van der Waals surface area contributed by atoms with E-state index in [1.165, 1.54) is 66.8 Å². The van der Waals surface area contributed by atoms with Gasteiger partial charge in [0.2, 0.25) is 0 Å². The van der Waals surface area contributed by atoms with E-state index in [-0.39, 0.29) is 80.4 Å². The number of pyridine rings is 4. The third kappa shape index (κ3) is 17.7. The van der Waals surface area contributed by atoms with Crippen LogP contribution < -0.4 is 0 Å². The Bertz CT molecular complexity index is 3680. The van der Waals surface area contributed by atoms with Crippen LogP contribution in [0.2, 0.25) is 0 Å². The molecule has 12 aromatic rings. The van der Waals surface area contributed by atoms with E-state index in [4.69, 9.17) is 0 Å². The molecule has 0 fully saturated rings. The van der Waals surface area contributed by atoms with E-state index >= 15 is 0 Å². The van der Waals surface area contributed by atoms with Gasteiger partial charge in [-0.2, -0.15) is 0 Å². The van der Waals surface area contributed by atoms with E-state index < -0.39 is 0 Å². The van der Waals surface area contributed by atoms with Gasteiger partial charge in [-0.15, -0.1) is 136 Å². The van der Waals surface area contributed by atoms with Gasteiger partial charge >= 0.3 is 0 Å². The Balaban J connectivity index is 0.000000193. The summed E-state index contributed by atoms with van der Waals surface area (Å²) in [7, 11) is 0. The average molecular weight is 1750 g/mol. The maximum atomic E-state index is 4.45. The number of hydrogen-bond acceptors (Lipinski definition) is 4. The van der Waals surface area contributed by atoms with Gasteiger partial charge in [0.1, 0.15) is 0 Å². The van der Waals surface area contributed by atoms with Crippen molar-refractivity contribution in [3.8, 4) is 89.5 Å². The van der Waals surface area contributed by atoms with Crippen LogP contribution in [0.1, 0.15) is 22.3 Å². The molecular weight excluding hydrogens is 1690 g/mol. The summed E-state index contributed by atoms with van der Waals surface area (Å²) in [6.07, 6.45) is 7.29. The monoisotopic (exact) mass is 1750 g/mol. The Hall–Kier alpha value is -7.04. The van der Waals surface area contributed by atoms with Crippen molar-refractivity contribution in [3.63, 3.8) is 0 Å². The fraction of sp³-hybridized carbons (Fsp3) is 0.0556. The Morgan fingerprint density at radius 3 is 1.26 bits per heavy atom. The first-order chi connectivity index (χ1) is 37.4. The van der Waals surface area contributed by atoms with Crippen molar-refractivity contribution in [2.45, 2.75) is 27.7 Å². The van der Waals surface area contributed by atoms with E-state index in [2.05, 4.69) is 224 Å². The molecule has 0 atom stereocenters. The minimum absolute atomic E-state index is 0. The van der Waals surface area contributed by atoms with Crippen LogP contribution in [0, 0.1) is 52.0 Å². The second-order valence-corrected chi connectivity index (χ2v) is 18.1. The third-order valence-corrected chi connectivity index (χ3v) is 12.7. The first-order valence-corrected chi connectivity index (χ1v) is 25.3. The van der Waals surface area contributed by atoms with E-state index in [0.29, 0.717) is 0 Å². The predicted molar refractivity (Wildman–Crippen MR) is 315 cm³/mol. The normalized spacial score (nSPS) is 9.85. The molecule has 0 amide bonds. The summed E-state index contributed by atoms with van der Waals surface area (Å²) in [4.78, 5) is 17.6. The second kappa shape index (κ2) is 32.9. The molecule has 0 aliphatic rings. The molecule has 4 heterocycles. The van der Waals surface area contributed by atoms with Gasteiger partial charge in [0.15, 0.2) is 0 Å². The minimum atomic E-state index is 0. The second-order valence-electron chi connectivity index (χ2n) is 18.1. The molecule has 80 heavy (non-hydrogen) atoms. The molecule has 0 N–H and O–H groups in total. The molecule has 0 aliphatic heterocycles. The van der Waals surface area contributed by atoms with E-state index in [1.807, 2.05) is 116 Å². The number of aryl methyl sites for hydroxylation is 3. The average Bonchev–Trinajstić information content (AvgIpc) is 3.52. The summed E-state index contributed by atoms with van der Waals surface area (Å²) in [5, 5.41) is 0. The van der Waals surface area contributed by atoms with E-state index in [1.54, 1.807) is 0 Å². The molecule has 4 radical (unpaired) electrons. The zero-order chi connectivity index (χ0) is 52.3. The smallest absolute Gasteiger partial charge is 0.0163 e. The number of aromatic nitrogens is 4. The summed E-state index contributed by atoms with van der Waals surface area (Å²) in [6, 6.07) is 95.4. The van der Waals surface area contributed by atoms with Gasteiger partial charge in [0.05, 0.1) is 0 Å². The van der Waals surface area contributed by atoms with E-state index in [9.17, 15) is 0 Å². The summed E-state index contributed by atoms with van der Waals surface area (Å²) in [5.41, 5.74) is 22.6. The molecule has 8 aromatic carbocycles. The molecular formula is C72H56Ir4N4-4. The molecule has 0 aliphatic carbocycles. The fourth-order valence-electron chi connectivity index (χ4n) is 8.63. The maximum Gasteiger partial charge on any atom is 0.0163 e. The molecule has 0 saturated carbocycles. The number of nitrogens with zero attached hydrogens (tertiary/aromatic N) is 4. The topological polar surface area (TPSA) is 51.6 Å². The van der Waals surface area contributed by atoms with Crippen LogP contribution in [0.5, 0.6) is 0 Å². The van der Waals surface area contributed by atoms with Crippen LogP contribution in [0.15, 0.2) is 267 Å². The van der Waals surface area contributed by atoms with Crippen LogP contribution >= 0.6 is 0 Å². The minimum Gasteiger partial charge on any atom is -0.305 e. The van der Waals surface area contributed by atoms with Crippen molar-refractivity contribution >= 4 is 0 Å². The standard InChI is InChI=1S/4C18H14N.4Ir/c1-14-8-10-15(11-9-14)16-5-4-6-17(13-16)18-7-2-3-12-19-18;1-14-7-6-12-19-18(14)17-11-5-10-16(13-17)15-8-3-2-4-9-15;1-14-16(15-8-3-2-4-9-15)10-7-11-17(14)18-12-5-6-13-19-18;1-14-10-11-19-18(12-14)17-9-5-8-16(13-17)15-6-3-2-4-7-15;;;;/h2-5,7-13H,1H3;2*2-10,12-13H,1H3;2-8,10-13H,1H3;;;;/q4*-1;;;;. The molecule has 0 spiro atoms. The van der Waals surface area contributed by atoms with Crippen molar-refractivity contribution in [1.29, 1.82) is 0 Å². The number of benzene rings is 8. The first-order valence-electron chi connectivity index (χ1n) is 25.3. The molecule has 8 heteroatoms. The number of rotatable bonds is 8. The number of hydrogen-bond donors (Lipinski definition) is 0. The Labute approximate surface area is 526 Å². The Morgan fingerprint density at radius 1 is 0.287 bits per heavy atom. The fourth-order valence-corrected chi connectivity index (χ4v) is 8.63. The molecule has 12 rings (SSSR count). The Kier molecular flexibility index (Phi) is 26.2. The van der Waals surface area contributed by atoms with Crippen LogP contribution in [0.4, 0.5) is 0 Å². The van der Waals surface area contributed by atoms with Crippen molar-refractivity contribution in [1.82, 2.24) is 19.9 Å². The van der Waals surface area contributed by atoms with Gasteiger partial charge in [0.25, 0.3) is 0 Å². The van der Waals surface area contributed by atoms with Gasteiger partial charge in [0, 0.05) is 105 Å². The largest absolute Gasteiger partial charge is 0.305 e. The molecule has 404 valence electrons. The molecule has 4 nitrogen and oxygen atoms in total. The molecule has 0 unspecified atom stereocenters. The van der Waals surface area contributed by atoms with Gasteiger partial charge in [-0.05, 0) is 90.1 Å². The Morgan fingerprint density at radius 2 is 0.738 bits per heavy atom. The zero-order valence-corrected chi connectivity index (χ0v) is 54.1. The summed E-state index contributed by atoms with van der Waals surface area (Å²) < 4.78 is 0. The van der Waals surface area contributed by atoms with Crippen LogP contribution in [0.25, 0.3) is 89.5 Å². The van der Waals surface area contributed by atoms with Crippen molar-refractivity contribution in [2.75, 3.05) is 0 Å². The first kappa shape index (κ1) is 63.8. The van der Waals surface area contributed by atoms with Crippen molar-refractivity contribution in [2.24, 2.45) is 0 Å². The van der Waals surface area contributed by atoms with E-state index in [0.717, 1.165) is 45.0 Å². The summed E-state index contributed by atoms with van der Waals surface area (Å²) >= 11 is 0. The maximum absolute atomic E-state index is 4.45. The van der Waals surface area contributed by atoms with Crippen LogP contribution in [-0.4, -0.2) is 19.9 Å². The van der Waals surface area contributed by atoms with Crippen molar-refractivity contribution in [3.05, 3.63) is 314 Å². The van der Waals surface area contributed by atoms with Gasteiger partial charge in [-0.1, -0.05) is 181 Å². The molecule has 0 saturated heterocycles. The zero-order valence-electron chi connectivity index (χ0n) is 44.5. The molecule has 4 aromatic heterocycles. The van der Waals surface area contributed by atoms with Gasteiger partial charge < -0.3 is 19.9 Å². The SMILES string of the molecule is Cc1c(-c2ccccn2)[c-]ccc1-c1ccccc1.Cc1ccc(-c2cc[c-]c(-c3ccccn3)c2)cc1.Cc1cccnc1-c1[c-]ccc(-c2ccccc2)c1.Cc1ccnc(-c2[c-]ccc(-c3ccccc3)c2)c1.[Ir].[Ir].[Ir].[Ir]. The summed E-state index contributed by atoms with van der Waals surface area (Å²) in [5.74, 6) is 0. The quantitative estimate of drug-likeness (QED) is 0.142. The van der Waals surface area contributed by atoms with Gasteiger partial charge in [-0.3, -0.25) is 0 Å². The van der Waals surface area contributed by atoms with Crippen LogP contribution in [-0.2, 0) is 80.4 Å². The molecule has 0 bridgehead atoms. The van der Waals surface area contributed by atoms with Crippen molar-refractivity contribution < 1.29 is 80.4 Å². The third-order valence-electron chi connectivity index (χ3n) is 12.7. The van der Waals surface area contributed by atoms with Crippen LogP contribution in [0.3, 0.4) is 0 Å². The van der Waals surface area contributed by atoms with Gasteiger partial charge in [-0.25, -0.2) is 0 Å².